The van der Waals surface area contributed by atoms with Crippen LogP contribution in [0.3, 0.4) is 0 Å². The molecule has 0 aliphatic rings. The molecule has 1 amide bonds. The quantitative estimate of drug-likeness (QED) is 0.678. The number of carbonyl (C=O) groups excluding carboxylic acids is 1. The van der Waals surface area contributed by atoms with Crippen LogP contribution in [0.2, 0.25) is 10.0 Å². The van der Waals surface area contributed by atoms with E-state index in [2.05, 4.69) is 25.4 Å². The molecule has 3 aromatic rings. The van der Waals surface area contributed by atoms with E-state index in [9.17, 15) is 4.79 Å². The second-order valence-corrected chi connectivity index (χ2v) is 7.53. The summed E-state index contributed by atoms with van der Waals surface area (Å²) in [6.07, 6.45) is 1.42. The molecule has 10 heteroatoms. The first-order chi connectivity index (χ1) is 11.8. The normalized spacial score (nSPS) is 12.4. The molecule has 0 spiro atoms. The molecule has 0 bridgehead atoms. The number of thioether (sulfide) groups is 1. The number of nitrogens with zero attached hydrogens (tertiary/aromatic N) is 5. The zero-order chi connectivity index (χ0) is 18.1. The smallest absolute Gasteiger partial charge is 0.253 e. The summed E-state index contributed by atoms with van der Waals surface area (Å²) in [5.74, 6) is 0.510. The molecule has 25 heavy (non-hydrogen) atoms. The molecule has 0 saturated carbocycles. The van der Waals surface area contributed by atoms with Gasteiger partial charge in [-0.15, -0.1) is 5.10 Å². The largest absolute Gasteiger partial charge is 0.308 e. The van der Waals surface area contributed by atoms with Crippen LogP contribution in [-0.2, 0) is 4.79 Å². The molecule has 1 atom stereocenters. The lowest BCUT2D eigenvalue weighted by Crippen LogP contribution is -2.23. The Labute approximate surface area is 158 Å². The summed E-state index contributed by atoms with van der Waals surface area (Å²) in [6, 6.07) is 3.43. The lowest BCUT2D eigenvalue weighted by Gasteiger charge is -2.10. The van der Waals surface area contributed by atoms with Crippen LogP contribution in [0, 0.1) is 13.8 Å². The summed E-state index contributed by atoms with van der Waals surface area (Å²) in [5, 5.41) is 7.75. The lowest BCUT2D eigenvalue weighted by molar-refractivity contribution is -0.115. The number of hydrogen-bond donors (Lipinski definition) is 1. The Kier molecular flexibility index (Phi) is 5.12. The van der Waals surface area contributed by atoms with Crippen molar-refractivity contribution in [2.45, 2.75) is 31.2 Å². The first-order valence-corrected chi connectivity index (χ1v) is 8.96. The van der Waals surface area contributed by atoms with Crippen LogP contribution in [0.1, 0.15) is 18.3 Å². The molecule has 130 valence electrons. The minimum Gasteiger partial charge on any atom is -0.308 e. The predicted octanol–water partition coefficient (Wildman–Crippen LogP) is 3.56. The maximum Gasteiger partial charge on any atom is 0.253 e. The fraction of sp³-hybridized carbons (Fsp3) is 0.267. The van der Waals surface area contributed by atoms with E-state index in [0.717, 1.165) is 11.4 Å². The van der Waals surface area contributed by atoms with Crippen molar-refractivity contribution in [1.29, 1.82) is 0 Å². The van der Waals surface area contributed by atoms with E-state index in [0.29, 0.717) is 16.0 Å². The van der Waals surface area contributed by atoms with E-state index in [-0.39, 0.29) is 16.7 Å². The van der Waals surface area contributed by atoms with Crippen LogP contribution >= 0.6 is 35.0 Å². The van der Waals surface area contributed by atoms with Gasteiger partial charge in [-0.1, -0.05) is 35.0 Å². The van der Waals surface area contributed by atoms with Crippen LogP contribution in [0.4, 0.5) is 5.82 Å². The summed E-state index contributed by atoms with van der Waals surface area (Å²) in [6.45, 7) is 5.57. The second-order valence-electron chi connectivity index (χ2n) is 5.38. The molecule has 0 radical (unpaired) electrons. The van der Waals surface area contributed by atoms with Gasteiger partial charge in [0, 0.05) is 17.6 Å². The first-order valence-electron chi connectivity index (χ1n) is 7.33. The Hall–Kier alpha value is -1.90. The van der Waals surface area contributed by atoms with Gasteiger partial charge in [-0.3, -0.25) is 4.79 Å². The summed E-state index contributed by atoms with van der Waals surface area (Å²) in [5.41, 5.74) is 1.79. The minimum absolute atomic E-state index is 0.263. The van der Waals surface area contributed by atoms with E-state index in [1.54, 1.807) is 11.4 Å². The maximum atomic E-state index is 12.3. The number of nitrogens with one attached hydrogen (secondary N) is 1. The van der Waals surface area contributed by atoms with E-state index in [1.165, 1.54) is 24.0 Å². The first kappa shape index (κ1) is 17.9. The number of amides is 1. The fourth-order valence-corrected chi connectivity index (χ4v) is 3.31. The number of pyridine rings is 1. The van der Waals surface area contributed by atoms with E-state index >= 15 is 0 Å². The second kappa shape index (κ2) is 7.15. The molecular weight excluding hydrogens is 383 g/mol. The molecule has 3 aromatic heterocycles. The molecule has 0 unspecified atom stereocenters. The van der Waals surface area contributed by atoms with Crippen molar-refractivity contribution in [3.05, 3.63) is 39.8 Å². The van der Waals surface area contributed by atoms with Gasteiger partial charge in [0.2, 0.25) is 11.1 Å². The number of anilines is 1. The van der Waals surface area contributed by atoms with Crippen molar-refractivity contribution in [2.75, 3.05) is 5.32 Å². The standard InChI is InChI=1S/C15H14Cl2N6OS/c1-7-4-8(2)23-14(19-7)21-15(22-23)25-9(3)13(24)20-12-11(17)5-10(16)6-18-12/h4-6,9H,1-3H3,(H,18,20,24)/t9-/m0/s1. The van der Waals surface area contributed by atoms with Crippen molar-refractivity contribution in [3.8, 4) is 0 Å². The number of hydrogen-bond acceptors (Lipinski definition) is 6. The maximum absolute atomic E-state index is 12.3. The van der Waals surface area contributed by atoms with Gasteiger partial charge in [0.1, 0.15) is 0 Å². The molecule has 0 aliphatic carbocycles. The van der Waals surface area contributed by atoms with Crippen LogP contribution in [0.5, 0.6) is 0 Å². The van der Waals surface area contributed by atoms with Crippen LogP contribution in [-0.4, -0.2) is 35.7 Å². The van der Waals surface area contributed by atoms with Gasteiger partial charge in [-0.05, 0) is 32.9 Å². The van der Waals surface area contributed by atoms with E-state index in [4.69, 9.17) is 23.2 Å². The molecule has 3 heterocycles. The van der Waals surface area contributed by atoms with Gasteiger partial charge in [-0.2, -0.15) is 4.98 Å². The third kappa shape index (κ3) is 4.02. The van der Waals surface area contributed by atoms with Gasteiger partial charge < -0.3 is 5.32 Å². The molecule has 3 rings (SSSR count). The van der Waals surface area contributed by atoms with Gasteiger partial charge >= 0.3 is 0 Å². The highest BCUT2D eigenvalue weighted by Crippen LogP contribution is 2.25. The molecule has 1 N–H and O–H groups in total. The summed E-state index contributed by atoms with van der Waals surface area (Å²) >= 11 is 13.0. The van der Waals surface area contributed by atoms with Gasteiger partial charge in [0.05, 0.1) is 15.3 Å². The van der Waals surface area contributed by atoms with Gasteiger partial charge in [0.15, 0.2) is 5.82 Å². The zero-order valence-corrected chi connectivity index (χ0v) is 15.9. The third-order valence-corrected chi connectivity index (χ3v) is 4.75. The van der Waals surface area contributed by atoms with Gasteiger partial charge in [-0.25, -0.2) is 14.5 Å². The molecule has 0 aromatic carbocycles. The number of halogens is 2. The van der Waals surface area contributed by atoms with Crippen LogP contribution in [0.25, 0.3) is 5.78 Å². The van der Waals surface area contributed by atoms with Crippen molar-refractivity contribution in [2.24, 2.45) is 0 Å². The van der Waals surface area contributed by atoms with Gasteiger partial charge in [0.25, 0.3) is 5.78 Å². The Bertz CT molecular complexity index is 961. The molecule has 7 nitrogen and oxygen atoms in total. The summed E-state index contributed by atoms with van der Waals surface area (Å²) in [7, 11) is 0. The molecule has 0 saturated heterocycles. The predicted molar refractivity (Wildman–Crippen MR) is 98.5 cm³/mol. The monoisotopic (exact) mass is 396 g/mol. The Balaban J connectivity index is 1.74. The van der Waals surface area contributed by atoms with E-state index < -0.39 is 5.25 Å². The fourth-order valence-electron chi connectivity index (χ4n) is 2.13. The minimum atomic E-state index is -0.452. The number of rotatable bonds is 4. The Morgan fingerprint density at radius 2 is 2.04 bits per heavy atom. The Morgan fingerprint density at radius 3 is 2.76 bits per heavy atom. The number of aryl methyl sites for hydroxylation is 2. The van der Waals surface area contributed by atoms with Crippen molar-refractivity contribution >= 4 is 52.5 Å². The summed E-state index contributed by atoms with van der Waals surface area (Å²) < 4.78 is 1.65. The average Bonchev–Trinajstić information content (AvgIpc) is 2.92. The molecule has 0 aliphatic heterocycles. The molecular formula is C15H14Cl2N6OS. The lowest BCUT2D eigenvalue weighted by atomic mass is 10.4. The number of carbonyl (C=O) groups is 1. The highest BCUT2D eigenvalue weighted by atomic mass is 35.5. The topological polar surface area (TPSA) is 85.1 Å². The SMILES string of the molecule is Cc1cc(C)n2nc(S[C@@H](C)C(=O)Nc3ncc(Cl)cc3Cl)nc2n1. The van der Waals surface area contributed by atoms with Crippen molar-refractivity contribution < 1.29 is 4.79 Å². The van der Waals surface area contributed by atoms with Crippen LogP contribution in [0.15, 0.2) is 23.5 Å². The van der Waals surface area contributed by atoms with Crippen LogP contribution < -0.4 is 5.32 Å². The van der Waals surface area contributed by atoms with Crippen molar-refractivity contribution in [3.63, 3.8) is 0 Å². The van der Waals surface area contributed by atoms with Crippen molar-refractivity contribution in [1.82, 2.24) is 24.6 Å². The zero-order valence-electron chi connectivity index (χ0n) is 13.6. The highest BCUT2D eigenvalue weighted by molar-refractivity contribution is 8.00. The summed E-state index contributed by atoms with van der Waals surface area (Å²) in [4.78, 5) is 25.1. The third-order valence-electron chi connectivity index (χ3n) is 3.30. The van der Waals surface area contributed by atoms with E-state index in [1.807, 2.05) is 19.9 Å². The average molecular weight is 397 g/mol. The number of fused-ring (bicyclic) bond motifs is 1. The highest BCUT2D eigenvalue weighted by Gasteiger charge is 2.19. The number of aromatic nitrogens is 5. The molecule has 0 fully saturated rings. The Morgan fingerprint density at radius 1 is 1.28 bits per heavy atom.